The summed E-state index contributed by atoms with van der Waals surface area (Å²) in [5, 5.41) is 83.9. The summed E-state index contributed by atoms with van der Waals surface area (Å²) in [4.78, 5) is 50.4. The summed E-state index contributed by atoms with van der Waals surface area (Å²) in [7, 11) is 4.00. The highest BCUT2D eigenvalue weighted by Crippen LogP contribution is 2.41. The minimum Gasteiger partial charge on any atom is -0.493 e. The number of hydrogen-bond donors (Lipinski definition) is 9. The number of methoxy groups -OCH3 is 2. The number of unbranched alkanes of at least 4 members (excludes halogenated alkanes) is 5. The molecule has 340 valence electrons. The maximum Gasteiger partial charge on any atom is 0.335 e. The Bertz CT molecular complexity index is 2130. The number of benzene rings is 2. The molecule has 2 aromatic carbocycles. The number of anilines is 1. The zero-order valence-corrected chi connectivity index (χ0v) is 34.3. The van der Waals surface area contributed by atoms with Crippen molar-refractivity contribution >= 4 is 40.5 Å². The van der Waals surface area contributed by atoms with E-state index in [2.05, 4.69) is 12.2 Å². The fourth-order valence-electron chi connectivity index (χ4n) is 6.86. The van der Waals surface area contributed by atoms with E-state index in [0.717, 1.165) is 38.2 Å². The van der Waals surface area contributed by atoms with E-state index in [9.17, 15) is 60.0 Å². The standard InChI is InChI=1S/C41H52N2O19/c1-5-6-7-8-9-10-15-58-36-32(59-40-30(49)26(45)28(47)34(61-40)38(52)53)21-13-12-20(18-22(21)43(2)37(36)51)42-25(44)14-11-19-16-23(56-3)33(24(17-19)57-4)60-41-31(50)27(46)29(48)35(62-41)39(54)55/h11-14,16-18,26-31,34-35,40-41,45-50H,5-10,15H2,1-4H3,(H,42,44)(H,52,53)(H,54,55)/b14-11+/t26-,27-,28-,29-,30+,31+,34-,35-,40+,41+/m0/s1. The van der Waals surface area contributed by atoms with Crippen LogP contribution in [0.4, 0.5) is 5.69 Å². The van der Waals surface area contributed by atoms with E-state index >= 15 is 0 Å². The van der Waals surface area contributed by atoms with Crippen LogP contribution < -0.4 is 34.6 Å². The first-order valence-corrected chi connectivity index (χ1v) is 19.8. The van der Waals surface area contributed by atoms with Crippen LogP contribution in [0.3, 0.4) is 0 Å². The van der Waals surface area contributed by atoms with Crippen LogP contribution in [0.2, 0.25) is 0 Å². The molecule has 0 spiro atoms. The molecule has 0 radical (unpaired) electrons. The van der Waals surface area contributed by atoms with Gasteiger partial charge in [-0.1, -0.05) is 39.0 Å². The van der Waals surface area contributed by atoms with E-state index in [1.165, 1.54) is 62.2 Å². The molecular weight excluding hydrogens is 824 g/mol. The molecule has 0 aliphatic carbocycles. The normalized spacial score (nSPS) is 26.2. The summed E-state index contributed by atoms with van der Waals surface area (Å²) in [5.74, 6) is -4.56. The third-order valence-electron chi connectivity index (χ3n) is 10.3. The maximum absolute atomic E-state index is 13.8. The Balaban J connectivity index is 1.40. The molecule has 1 amide bonds. The SMILES string of the molecule is CCCCCCCCOc1c(O[C@@H]2O[C@H](C(=O)O)[C@@H](O)[C@H](O)[C@H]2O)c2ccc(NC(=O)/C=C/c3cc(OC)c(O[C@@H]4O[C@H](C(=O)O)[C@@H](O)[C@H](O)[C@H]4O)c(OC)c3)cc2n(C)c1=O. The van der Waals surface area contributed by atoms with Crippen molar-refractivity contribution in [1.29, 1.82) is 0 Å². The van der Waals surface area contributed by atoms with E-state index < -0.39 is 84.8 Å². The van der Waals surface area contributed by atoms with Gasteiger partial charge in [-0.3, -0.25) is 9.59 Å². The largest absolute Gasteiger partial charge is 0.493 e. The molecule has 10 atom stereocenters. The Labute approximate surface area is 354 Å². The zero-order valence-electron chi connectivity index (χ0n) is 34.3. The lowest BCUT2D eigenvalue weighted by atomic mass is 9.99. The van der Waals surface area contributed by atoms with Crippen molar-refractivity contribution in [2.45, 2.75) is 107 Å². The summed E-state index contributed by atoms with van der Waals surface area (Å²) >= 11 is 0. The summed E-state index contributed by atoms with van der Waals surface area (Å²) in [6.45, 7) is 2.22. The van der Waals surface area contributed by atoms with E-state index in [0.29, 0.717) is 12.0 Å². The smallest absolute Gasteiger partial charge is 0.335 e. The number of carboxylic acids is 2. The number of aryl methyl sites for hydroxylation is 1. The number of aromatic nitrogens is 1. The van der Waals surface area contributed by atoms with Crippen LogP contribution in [0.1, 0.15) is 51.0 Å². The molecule has 21 heteroatoms. The summed E-state index contributed by atoms with van der Waals surface area (Å²) in [5.41, 5.74) is 0.0755. The van der Waals surface area contributed by atoms with E-state index in [1.54, 1.807) is 0 Å². The number of aliphatic hydroxyl groups is 6. The number of nitrogens with zero attached hydrogens (tertiary/aromatic N) is 1. The molecule has 2 fully saturated rings. The molecule has 9 N–H and O–H groups in total. The van der Waals surface area contributed by atoms with Crippen LogP contribution in [0, 0.1) is 0 Å². The topological polar surface area (TPSA) is 312 Å². The van der Waals surface area contributed by atoms with Crippen molar-refractivity contribution in [3.63, 3.8) is 0 Å². The molecule has 5 rings (SSSR count). The third kappa shape index (κ3) is 10.6. The Morgan fingerprint density at radius 1 is 0.726 bits per heavy atom. The van der Waals surface area contributed by atoms with Crippen LogP contribution in [-0.4, -0.2) is 146 Å². The number of ether oxygens (including phenoxy) is 7. The number of amides is 1. The van der Waals surface area contributed by atoms with Crippen molar-refractivity contribution in [2.75, 3.05) is 26.1 Å². The predicted molar refractivity (Wildman–Crippen MR) is 215 cm³/mol. The molecule has 2 aliphatic heterocycles. The van der Waals surface area contributed by atoms with E-state index in [-0.39, 0.29) is 51.9 Å². The Kier molecular flexibility index (Phi) is 16.1. The number of aliphatic carboxylic acids is 2. The van der Waals surface area contributed by atoms with Crippen molar-refractivity contribution < 1.29 is 88.4 Å². The molecule has 2 aliphatic rings. The second-order valence-corrected chi connectivity index (χ2v) is 14.7. The van der Waals surface area contributed by atoms with Crippen molar-refractivity contribution in [1.82, 2.24) is 4.57 Å². The van der Waals surface area contributed by atoms with Gasteiger partial charge in [0.05, 0.1) is 26.3 Å². The lowest BCUT2D eigenvalue weighted by molar-refractivity contribution is -0.271. The van der Waals surface area contributed by atoms with Gasteiger partial charge in [0.2, 0.25) is 30.0 Å². The van der Waals surface area contributed by atoms with E-state index in [1.807, 2.05) is 0 Å². The Morgan fingerprint density at radius 3 is 1.79 bits per heavy atom. The van der Waals surface area contributed by atoms with Gasteiger partial charge in [-0.05, 0) is 48.4 Å². The average Bonchev–Trinajstić information content (AvgIpc) is 3.25. The van der Waals surface area contributed by atoms with Crippen molar-refractivity contribution in [2.24, 2.45) is 7.05 Å². The lowest BCUT2D eigenvalue weighted by Crippen LogP contribution is -2.61. The Hall–Kier alpha value is -5.52. The van der Waals surface area contributed by atoms with Crippen molar-refractivity contribution in [3.05, 3.63) is 52.3 Å². The fourth-order valence-corrected chi connectivity index (χ4v) is 6.86. The maximum atomic E-state index is 13.8. The summed E-state index contributed by atoms with van der Waals surface area (Å²) in [6, 6.07) is 7.25. The first kappa shape index (κ1) is 47.5. The quantitative estimate of drug-likeness (QED) is 0.0585. The molecule has 2 saturated heterocycles. The second kappa shape index (κ2) is 21.0. The van der Waals surface area contributed by atoms with Crippen LogP contribution >= 0.6 is 0 Å². The van der Waals surface area contributed by atoms with Gasteiger partial charge in [0, 0.05) is 24.2 Å². The predicted octanol–water partition coefficient (Wildman–Crippen LogP) is 0.489. The molecule has 3 heterocycles. The van der Waals surface area contributed by atoms with Crippen LogP contribution in [0.15, 0.2) is 41.2 Å². The second-order valence-electron chi connectivity index (χ2n) is 14.7. The van der Waals surface area contributed by atoms with E-state index in [4.69, 9.17) is 33.2 Å². The highest BCUT2D eigenvalue weighted by Gasteiger charge is 2.50. The third-order valence-corrected chi connectivity index (χ3v) is 10.3. The van der Waals surface area contributed by atoms with Gasteiger partial charge in [0.1, 0.15) is 36.6 Å². The van der Waals surface area contributed by atoms with Gasteiger partial charge in [-0.15, -0.1) is 0 Å². The van der Waals surface area contributed by atoms with Crippen LogP contribution in [0.25, 0.3) is 17.0 Å². The van der Waals surface area contributed by atoms with Gasteiger partial charge in [-0.25, -0.2) is 9.59 Å². The molecule has 0 saturated carbocycles. The van der Waals surface area contributed by atoms with Gasteiger partial charge >= 0.3 is 11.9 Å². The fraction of sp³-hybridized carbons (Fsp3) is 0.512. The number of carboxylic acid groups (broad SMARTS) is 2. The molecule has 0 unspecified atom stereocenters. The number of carbonyl (C=O) groups excluding carboxylic acids is 1. The number of pyridine rings is 1. The molecule has 1 aromatic heterocycles. The zero-order chi connectivity index (χ0) is 45.4. The molecule has 62 heavy (non-hydrogen) atoms. The molecule has 0 bridgehead atoms. The lowest BCUT2D eigenvalue weighted by Gasteiger charge is -2.38. The monoisotopic (exact) mass is 876 g/mol. The summed E-state index contributed by atoms with van der Waals surface area (Å²) < 4.78 is 40.2. The highest BCUT2D eigenvalue weighted by molar-refractivity contribution is 6.03. The van der Waals surface area contributed by atoms with Gasteiger partial charge < -0.3 is 83.9 Å². The Morgan fingerprint density at radius 2 is 1.26 bits per heavy atom. The molecule has 21 nitrogen and oxygen atoms in total. The minimum absolute atomic E-state index is 0.00759. The number of hydrogen-bond acceptors (Lipinski definition) is 17. The number of rotatable bonds is 19. The number of nitrogens with one attached hydrogen (secondary N) is 1. The molecular formula is C41H52N2O19. The van der Waals surface area contributed by atoms with Crippen molar-refractivity contribution in [3.8, 4) is 28.7 Å². The number of aliphatic hydroxyl groups excluding tert-OH is 6. The van der Waals surface area contributed by atoms with Crippen LogP contribution in [0.5, 0.6) is 28.7 Å². The average molecular weight is 877 g/mol. The first-order chi connectivity index (χ1) is 29.5. The van der Waals surface area contributed by atoms with Crippen LogP contribution in [-0.2, 0) is 30.9 Å². The van der Waals surface area contributed by atoms with Gasteiger partial charge in [0.15, 0.2) is 29.5 Å². The minimum atomic E-state index is -1.98. The number of fused-ring (bicyclic) bond motifs is 1. The van der Waals surface area contributed by atoms with Gasteiger partial charge in [0.25, 0.3) is 5.56 Å². The molecule has 3 aromatic rings. The number of carbonyl (C=O) groups is 3. The highest BCUT2D eigenvalue weighted by atomic mass is 16.7. The summed E-state index contributed by atoms with van der Waals surface area (Å²) in [6.07, 6.45) is -11.0. The van der Waals surface area contributed by atoms with Gasteiger partial charge in [-0.2, -0.15) is 0 Å². The first-order valence-electron chi connectivity index (χ1n) is 19.8.